The number of likely N-dealkylation sites (N-methyl/N-ethyl adjacent to an activating group) is 1. The fourth-order valence-corrected chi connectivity index (χ4v) is 3.62. The van der Waals surface area contributed by atoms with Crippen LogP contribution < -0.4 is 14.9 Å². The normalized spacial score (nSPS) is 13.6. The number of sulfonamides is 1. The van der Waals surface area contributed by atoms with Crippen molar-refractivity contribution in [1.29, 1.82) is 0 Å². The van der Waals surface area contributed by atoms with E-state index in [1.54, 1.807) is 37.4 Å². The summed E-state index contributed by atoms with van der Waals surface area (Å²) in [7, 11) is -2.20. The first-order valence-corrected chi connectivity index (χ1v) is 9.09. The number of para-hydroxylation sites is 1. The van der Waals surface area contributed by atoms with Crippen LogP contribution in [-0.4, -0.2) is 33.8 Å². The summed E-state index contributed by atoms with van der Waals surface area (Å²) < 4.78 is 27.0. The van der Waals surface area contributed by atoms with Gasteiger partial charge in [0, 0.05) is 18.4 Å². The molecule has 1 aliphatic rings. The zero-order chi connectivity index (χ0) is 18.0. The monoisotopic (exact) mass is 359 g/mol. The Hall–Kier alpha value is -2.71. The van der Waals surface area contributed by atoms with Gasteiger partial charge in [0.1, 0.15) is 0 Å². The molecule has 0 bridgehead atoms. The maximum atomic E-state index is 12.4. The van der Waals surface area contributed by atoms with Crippen LogP contribution in [0, 0.1) is 0 Å². The molecule has 0 unspecified atom stereocenters. The van der Waals surface area contributed by atoms with E-state index in [-0.39, 0.29) is 23.8 Å². The molecule has 1 aliphatic heterocycles. The minimum absolute atomic E-state index is 0.0295. The largest absolute Gasteiger partial charge is 0.325 e. The van der Waals surface area contributed by atoms with Crippen molar-refractivity contribution in [2.75, 3.05) is 23.8 Å². The van der Waals surface area contributed by atoms with Gasteiger partial charge >= 0.3 is 0 Å². The Morgan fingerprint density at radius 2 is 1.88 bits per heavy atom. The second-order valence-electron chi connectivity index (χ2n) is 5.66. The average molecular weight is 359 g/mol. The molecule has 0 fully saturated rings. The van der Waals surface area contributed by atoms with E-state index in [0.29, 0.717) is 16.9 Å². The Balaban J connectivity index is 1.67. The predicted molar refractivity (Wildman–Crippen MR) is 93.8 cm³/mol. The first-order valence-electron chi connectivity index (χ1n) is 7.61. The molecule has 0 aromatic heterocycles. The van der Waals surface area contributed by atoms with Gasteiger partial charge in [-0.1, -0.05) is 18.2 Å². The van der Waals surface area contributed by atoms with Crippen LogP contribution in [0.3, 0.4) is 0 Å². The molecule has 0 saturated carbocycles. The third-order valence-electron chi connectivity index (χ3n) is 3.92. The third kappa shape index (κ3) is 3.70. The molecule has 3 rings (SSSR count). The van der Waals surface area contributed by atoms with E-state index < -0.39 is 15.9 Å². The van der Waals surface area contributed by atoms with Crippen molar-refractivity contribution in [3.05, 3.63) is 54.1 Å². The molecule has 25 heavy (non-hydrogen) atoms. The first-order chi connectivity index (χ1) is 11.9. The smallest absolute Gasteiger partial charge is 0.241 e. The average Bonchev–Trinajstić information content (AvgIpc) is 2.88. The lowest BCUT2D eigenvalue weighted by Crippen LogP contribution is -2.32. The van der Waals surface area contributed by atoms with E-state index in [4.69, 9.17) is 0 Å². The molecule has 2 aromatic rings. The number of rotatable bonds is 5. The summed E-state index contributed by atoms with van der Waals surface area (Å²) in [5, 5.41) is 2.60. The number of nitrogens with zero attached hydrogens (tertiary/aromatic N) is 1. The van der Waals surface area contributed by atoms with Gasteiger partial charge in [-0.15, -0.1) is 0 Å². The second-order valence-corrected chi connectivity index (χ2v) is 7.43. The van der Waals surface area contributed by atoms with Crippen LogP contribution in [-0.2, 0) is 26.0 Å². The van der Waals surface area contributed by atoms with Crippen molar-refractivity contribution in [2.24, 2.45) is 0 Å². The Kier molecular flexibility index (Phi) is 4.56. The highest BCUT2D eigenvalue weighted by Crippen LogP contribution is 2.29. The second kappa shape index (κ2) is 6.66. The zero-order valence-corrected chi connectivity index (χ0v) is 14.3. The molecule has 0 spiro atoms. The quantitative estimate of drug-likeness (QED) is 0.836. The molecule has 0 saturated heterocycles. The number of carbonyl (C=O) groups is 2. The summed E-state index contributed by atoms with van der Waals surface area (Å²) >= 11 is 0. The summed E-state index contributed by atoms with van der Waals surface area (Å²) in [6.45, 7) is -0.382. The van der Waals surface area contributed by atoms with Gasteiger partial charge in [0.05, 0.1) is 17.9 Å². The minimum Gasteiger partial charge on any atom is -0.325 e. The Bertz CT molecular complexity index is 926. The zero-order valence-electron chi connectivity index (χ0n) is 13.5. The van der Waals surface area contributed by atoms with Gasteiger partial charge in [-0.2, -0.15) is 0 Å². The van der Waals surface area contributed by atoms with Crippen LogP contribution in [0.2, 0.25) is 0 Å². The van der Waals surface area contributed by atoms with Gasteiger partial charge in [0.15, 0.2) is 0 Å². The summed E-state index contributed by atoms with van der Waals surface area (Å²) in [6, 6.07) is 13.2. The number of amides is 2. The molecular formula is C17H17N3O4S. The van der Waals surface area contributed by atoms with Gasteiger partial charge in [0.2, 0.25) is 21.8 Å². The number of fused-ring (bicyclic) bond motifs is 1. The van der Waals surface area contributed by atoms with Crippen molar-refractivity contribution in [3.8, 4) is 0 Å². The lowest BCUT2D eigenvalue weighted by Gasteiger charge is -2.11. The molecule has 1 heterocycles. The number of hydrogen-bond donors (Lipinski definition) is 2. The molecule has 2 aromatic carbocycles. The Morgan fingerprint density at radius 1 is 1.16 bits per heavy atom. The van der Waals surface area contributed by atoms with Gasteiger partial charge in [-0.25, -0.2) is 13.1 Å². The van der Waals surface area contributed by atoms with Crippen molar-refractivity contribution in [3.63, 3.8) is 0 Å². The number of anilines is 2. The molecule has 8 heteroatoms. The highest BCUT2D eigenvalue weighted by molar-refractivity contribution is 7.89. The minimum atomic E-state index is -3.84. The van der Waals surface area contributed by atoms with Crippen molar-refractivity contribution >= 4 is 33.2 Å². The van der Waals surface area contributed by atoms with Gasteiger partial charge < -0.3 is 10.2 Å². The van der Waals surface area contributed by atoms with E-state index in [1.165, 1.54) is 17.0 Å². The van der Waals surface area contributed by atoms with Crippen molar-refractivity contribution < 1.29 is 18.0 Å². The van der Waals surface area contributed by atoms with Gasteiger partial charge in [0.25, 0.3) is 0 Å². The van der Waals surface area contributed by atoms with Crippen LogP contribution in [0.4, 0.5) is 11.4 Å². The maximum Gasteiger partial charge on any atom is 0.241 e. The SMILES string of the molecule is CN1C(=O)Cc2cc(S(=O)(=O)NCC(=O)Nc3ccccc3)ccc21. The van der Waals surface area contributed by atoms with Gasteiger partial charge in [-0.05, 0) is 35.9 Å². The highest BCUT2D eigenvalue weighted by atomic mass is 32.2. The van der Waals surface area contributed by atoms with E-state index >= 15 is 0 Å². The third-order valence-corrected chi connectivity index (χ3v) is 5.32. The Labute approximate surface area is 145 Å². The Morgan fingerprint density at radius 3 is 2.60 bits per heavy atom. The lowest BCUT2D eigenvalue weighted by atomic mass is 10.2. The molecule has 7 nitrogen and oxygen atoms in total. The molecule has 2 N–H and O–H groups in total. The van der Waals surface area contributed by atoms with E-state index in [9.17, 15) is 18.0 Å². The summed E-state index contributed by atoms with van der Waals surface area (Å²) in [4.78, 5) is 25.1. The van der Waals surface area contributed by atoms with Crippen LogP contribution in [0.15, 0.2) is 53.4 Å². The first kappa shape index (κ1) is 17.1. The van der Waals surface area contributed by atoms with Crippen LogP contribution in [0.5, 0.6) is 0 Å². The fourth-order valence-electron chi connectivity index (χ4n) is 2.58. The number of nitrogens with one attached hydrogen (secondary N) is 2. The molecule has 2 amide bonds. The summed E-state index contributed by atoms with van der Waals surface area (Å²) in [6.07, 6.45) is 0.170. The number of carbonyl (C=O) groups excluding carboxylic acids is 2. The van der Waals surface area contributed by atoms with E-state index in [1.807, 2.05) is 6.07 Å². The predicted octanol–water partition coefficient (Wildman–Crippen LogP) is 1.12. The lowest BCUT2D eigenvalue weighted by molar-refractivity contribution is -0.117. The highest BCUT2D eigenvalue weighted by Gasteiger charge is 2.26. The summed E-state index contributed by atoms with van der Waals surface area (Å²) in [5.74, 6) is -0.550. The van der Waals surface area contributed by atoms with Crippen LogP contribution in [0.1, 0.15) is 5.56 Å². The maximum absolute atomic E-state index is 12.4. The van der Waals surface area contributed by atoms with Crippen LogP contribution in [0.25, 0.3) is 0 Å². The molecule has 0 radical (unpaired) electrons. The van der Waals surface area contributed by atoms with E-state index in [2.05, 4.69) is 10.0 Å². The van der Waals surface area contributed by atoms with Crippen molar-refractivity contribution in [1.82, 2.24) is 4.72 Å². The molecule has 0 aliphatic carbocycles. The standard InChI is InChI=1S/C17H17N3O4S/c1-20-15-8-7-14(9-12(15)10-17(20)22)25(23,24)18-11-16(21)19-13-5-3-2-4-6-13/h2-9,18H,10-11H2,1H3,(H,19,21). The molecular weight excluding hydrogens is 342 g/mol. The van der Waals surface area contributed by atoms with Crippen molar-refractivity contribution in [2.45, 2.75) is 11.3 Å². The number of benzene rings is 2. The number of hydrogen-bond acceptors (Lipinski definition) is 4. The van der Waals surface area contributed by atoms with E-state index in [0.717, 1.165) is 0 Å². The topological polar surface area (TPSA) is 95.6 Å². The molecule has 130 valence electrons. The fraction of sp³-hybridized carbons (Fsp3) is 0.176. The van der Waals surface area contributed by atoms with Crippen LogP contribution >= 0.6 is 0 Å². The molecule has 0 atom stereocenters. The van der Waals surface area contributed by atoms with Gasteiger partial charge in [-0.3, -0.25) is 9.59 Å². The summed E-state index contributed by atoms with van der Waals surface area (Å²) in [5.41, 5.74) is 1.95.